The summed E-state index contributed by atoms with van der Waals surface area (Å²) in [7, 11) is 0. The largest absolute Gasteiger partial charge is 0.494 e. The van der Waals surface area contributed by atoms with Gasteiger partial charge in [-0.25, -0.2) is 0 Å². The number of oxazole rings is 1. The van der Waals surface area contributed by atoms with Crippen LogP contribution in [-0.4, -0.2) is 18.1 Å². The first-order valence-electron chi connectivity index (χ1n) is 9.63. The van der Waals surface area contributed by atoms with E-state index >= 15 is 0 Å². The monoisotopic (exact) mass is 366 g/mol. The second kappa shape index (κ2) is 7.61. The normalized spacial score (nSPS) is 16.2. The van der Waals surface area contributed by atoms with Gasteiger partial charge in [-0.15, -0.1) is 0 Å². The van der Waals surface area contributed by atoms with Gasteiger partial charge in [0.15, 0.2) is 5.58 Å². The van der Waals surface area contributed by atoms with Crippen LogP contribution in [0, 0.1) is 11.3 Å². The number of benzene rings is 2. The van der Waals surface area contributed by atoms with E-state index in [0.717, 1.165) is 36.6 Å². The highest BCUT2D eigenvalue weighted by Gasteiger charge is 2.40. The first kappa shape index (κ1) is 17.9. The Kier molecular flexibility index (Phi) is 5.03. The number of aromatic nitrogens is 1. The van der Waals surface area contributed by atoms with E-state index in [1.165, 1.54) is 12.8 Å². The van der Waals surface area contributed by atoms with Gasteiger partial charge in [0.25, 0.3) is 0 Å². The highest BCUT2D eigenvalue weighted by Crippen LogP contribution is 2.49. The minimum atomic E-state index is 0.242. The van der Waals surface area contributed by atoms with E-state index in [1.54, 1.807) is 0 Å². The van der Waals surface area contributed by atoms with Crippen LogP contribution in [0.2, 0.25) is 0 Å². The molecule has 2 aromatic carbocycles. The molecule has 1 unspecified atom stereocenters. The maximum absolute atomic E-state index is 5.94. The van der Waals surface area contributed by atoms with E-state index in [1.807, 2.05) is 48.5 Å². The lowest BCUT2D eigenvalue weighted by Gasteiger charge is -2.29. The van der Waals surface area contributed by atoms with Crippen molar-refractivity contribution in [3.8, 4) is 17.6 Å². The molecule has 0 aliphatic heterocycles. The summed E-state index contributed by atoms with van der Waals surface area (Å²) < 4.78 is 17.2. The lowest BCUT2D eigenvalue weighted by atomic mass is 9.79. The Balaban J connectivity index is 1.32. The van der Waals surface area contributed by atoms with E-state index in [0.29, 0.717) is 23.4 Å². The summed E-state index contributed by atoms with van der Waals surface area (Å²) in [6.07, 6.45) is 5.01. The molecule has 3 aromatic rings. The second-order valence-corrected chi connectivity index (χ2v) is 7.59. The summed E-state index contributed by atoms with van der Waals surface area (Å²) >= 11 is 0. The first-order chi connectivity index (χ1) is 13.2. The molecule has 1 atom stereocenters. The Bertz CT molecular complexity index is 853. The average molecular weight is 366 g/mol. The molecule has 142 valence electrons. The van der Waals surface area contributed by atoms with Gasteiger partial charge in [-0.3, -0.25) is 0 Å². The number of hydrogen-bond acceptors (Lipinski definition) is 5. The van der Waals surface area contributed by atoms with Crippen molar-refractivity contribution in [2.75, 3.05) is 13.2 Å². The van der Waals surface area contributed by atoms with E-state index in [4.69, 9.17) is 19.6 Å². The zero-order valence-electron chi connectivity index (χ0n) is 15.7. The Morgan fingerprint density at radius 2 is 1.81 bits per heavy atom. The number of nitrogens with two attached hydrogens (primary N) is 1. The lowest BCUT2D eigenvalue weighted by Crippen LogP contribution is -2.25. The summed E-state index contributed by atoms with van der Waals surface area (Å²) in [5, 5.41) is 0. The molecule has 0 spiro atoms. The first-order valence-corrected chi connectivity index (χ1v) is 9.63. The Labute approximate surface area is 159 Å². The fraction of sp³-hybridized carbons (Fsp3) is 0.409. The van der Waals surface area contributed by atoms with Crippen molar-refractivity contribution in [2.45, 2.75) is 32.6 Å². The van der Waals surface area contributed by atoms with Crippen LogP contribution in [0.15, 0.2) is 52.9 Å². The van der Waals surface area contributed by atoms with Crippen LogP contribution in [0.25, 0.3) is 11.1 Å². The average Bonchev–Trinajstić information content (AvgIpc) is 3.45. The molecule has 4 rings (SSSR count). The minimum absolute atomic E-state index is 0.242. The zero-order valence-corrected chi connectivity index (χ0v) is 15.7. The van der Waals surface area contributed by atoms with Gasteiger partial charge in [0.05, 0.1) is 6.61 Å². The van der Waals surface area contributed by atoms with Crippen LogP contribution in [0.3, 0.4) is 0 Å². The van der Waals surface area contributed by atoms with Crippen molar-refractivity contribution in [1.82, 2.24) is 4.98 Å². The topological polar surface area (TPSA) is 70.5 Å². The van der Waals surface area contributed by atoms with Crippen LogP contribution in [0.5, 0.6) is 17.6 Å². The fourth-order valence-electron chi connectivity index (χ4n) is 3.64. The van der Waals surface area contributed by atoms with Crippen LogP contribution in [0.1, 0.15) is 32.6 Å². The number of para-hydroxylation sites is 2. The molecule has 2 N–H and O–H groups in total. The molecule has 1 aliphatic rings. The molecule has 1 aromatic heterocycles. The van der Waals surface area contributed by atoms with Crippen LogP contribution in [0.4, 0.5) is 0 Å². The van der Waals surface area contributed by atoms with E-state index in [-0.39, 0.29) is 6.08 Å². The van der Waals surface area contributed by atoms with Gasteiger partial charge in [0.2, 0.25) is 0 Å². The number of ether oxygens (including phenoxy) is 2. The van der Waals surface area contributed by atoms with Crippen molar-refractivity contribution in [2.24, 2.45) is 17.1 Å². The molecular weight excluding hydrogens is 340 g/mol. The Morgan fingerprint density at radius 3 is 2.52 bits per heavy atom. The minimum Gasteiger partial charge on any atom is -0.494 e. The Hall–Kier alpha value is -2.53. The third kappa shape index (κ3) is 4.25. The van der Waals surface area contributed by atoms with E-state index < -0.39 is 0 Å². The van der Waals surface area contributed by atoms with Gasteiger partial charge < -0.3 is 19.6 Å². The van der Waals surface area contributed by atoms with Crippen molar-refractivity contribution < 1.29 is 13.9 Å². The third-order valence-corrected chi connectivity index (χ3v) is 5.52. The number of nitrogens with zero attached hydrogens (tertiary/aromatic N) is 1. The molecule has 1 saturated carbocycles. The summed E-state index contributed by atoms with van der Waals surface area (Å²) in [4.78, 5) is 4.32. The summed E-state index contributed by atoms with van der Waals surface area (Å²) in [6, 6.07) is 15.1. The fourth-order valence-corrected chi connectivity index (χ4v) is 3.64. The molecule has 0 saturated heterocycles. The molecule has 1 aliphatic carbocycles. The molecular formula is C22H26N2O3. The highest BCUT2D eigenvalue weighted by molar-refractivity contribution is 5.72. The molecule has 0 amide bonds. The third-order valence-electron chi connectivity index (χ3n) is 5.52. The standard InChI is InChI=1S/C22H26N2O3/c1-22(12-14-23,16-6-7-16)13-15-25-17-8-10-18(11-9-17)26-21-24-19-4-2-3-5-20(19)27-21/h2-5,8-11,16H,6-7,12-15,23H2,1H3. The molecule has 1 fully saturated rings. The van der Waals surface area contributed by atoms with E-state index in [9.17, 15) is 0 Å². The van der Waals surface area contributed by atoms with Crippen molar-refractivity contribution in [1.29, 1.82) is 0 Å². The van der Waals surface area contributed by atoms with Gasteiger partial charge in [0, 0.05) is 0 Å². The molecule has 27 heavy (non-hydrogen) atoms. The van der Waals surface area contributed by atoms with Crippen LogP contribution < -0.4 is 15.2 Å². The van der Waals surface area contributed by atoms with Crippen LogP contribution in [-0.2, 0) is 0 Å². The van der Waals surface area contributed by atoms with Crippen molar-refractivity contribution in [3.05, 3.63) is 48.5 Å². The smallest absolute Gasteiger partial charge is 0.400 e. The maximum atomic E-state index is 5.94. The predicted molar refractivity (Wildman–Crippen MR) is 105 cm³/mol. The maximum Gasteiger partial charge on any atom is 0.400 e. The Morgan fingerprint density at radius 1 is 1.07 bits per heavy atom. The molecule has 0 radical (unpaired) electrons. The van der Waals surface area contributed by atoms with Gasteiger partial charge in [-0.1, -0.05) is 19.1 Å². The van der Waals surface area contributed by atoms with Gasteiger partial charge in [0.1, 0.15) is 17.0 Å². The number of hydrogen-bond donors (Lipinski definition) is 1. The summed E-state index contributed by atoms with van der Waals surface area (Å²) in [5.41, 5.74) is 7.60. The summed E-state index contributed by atoms with van der Waals surface area (Å²) in [5.74, 6) is 2.32. The highest BCUT2D eigenvalue weighted by atomic mass is 16.6. The SMILES string of the molecule is CC(CCN)(CCOc1ccc(Oc2nc3ccccc3o2)cc1)C1CC1. The summed E-state index contributed by atoms with van der Waals surface area (Å²) in [6.45, 7) is 3.80. The molecule has 5 heteroatoms. The molecule has 1 heterocycles. The number of rotatable bonds is 9. The zero-order chi connectivity index (χ0) is 18.7. The lowest BCUT2D eigenvalue weighted by molar-refractivity contribution is 0.175. The predicted octanol–water partition coefficient (Wildman–Crippen LogP) is 5.15. The van der Waals surface area contributed by atoms with Crippen molar-refractivity contribution in [3.63, 3.8) is 0 Å². The van der Waals surface area contributed by atoms with E-state index in [2.05, 4.69) is 11.9 Å². The van der Waals surface area contributed by atoms with Crippen molar-refractivity contribution >= 4 is 11.1 Å². The second-order valence-electron chi connectivity index (χ2n) is 7.59. The van der Waals surface area contributed by atoms with Gasteiger partial charge >= 0.3 is 6.08 Å². The molecule has 0 bridgehead atoms. The quantitative estimate of drug-likeness (QED) is 0.567. The van der Waals surface area contributed by atoms with Gasteiger partial charge in [-0.05, 0) is 80.0 Å². The van der Waals surface area contributed by atoms with Crippen LogP contribution >= 0.6 is 0 Å². The molecule has 5 nitrogen and oxygen atoms in total. The number of fused-ring (bicyclic) bond motifs is 1. The van der Waals surface area contributed by atoms with Gasteiger partial charge in [-0.2, -0.15) is 4.98 Å².